The van der Waals surface area contributed by atoms with Gasteiger partial charge in [-0.3, -0.25) is 9.59 Å². The molecule has 1 aliphatic heterocycles. The highest BCUT2D eigenvalue weighted by Gasteiger charge is 2.59. The molecule has 2 fully saturated rings. The Morgan fingerprint density at radius 1 is 1.40 bits per heavy atom. The summed E-state index contributed by atoms with van der Waals surface area (Å²) in [5, 5.41) is 9.05. The summed E-state index contributed by atoms with van der Waals surface area (Å²) in [5.74, 6) is 0.709. The van der Waals surface area contributed by atoms with Gasteiger partial charge in [0.2, 0.25) is 5.91 Å². The smallest absolute Gasteiger partial charge is 0.307 e. The number of carboxylic acids is 1. The lowest BCUT2D eigenvalue weighted by Crippen LogP contribution is -2.40. The molecule has 1 saturated carbocycles. The van der Waals surface area contributed by atoms with Gasteiger partial charge in [0, 0.05) is 13.1 Å². The van der Waals surface area contributed by atoms with E-state index in [-0.39, 0.29) is 17.2 Å². The number of likely N-dealkylation sites (tertiary alicyclic amines) is 1. The van der Waals surface area contributed by atoms with Gasteiger partial charge in [-0.15, -0.1) is 0 Å². The number of carbonyl (C=O) groups is 2. The summed E-state index contributed by atoms with van der Waals surface area (Å²) < 4.78 is 5.42. The number of piperidine rings is 1. The van der Waals surface area contributed by atoms with E-state index in [1.165, 1.54) is 0 Å². The molecule has 0 aromatic carbocycles. The standard InChI is InChI=1S/C15H19NO4/c1-10-2-3-11(20-10)8-13(17)16-6-4-15(5-7-16)9-12(15)14(18)19/h2-3,12H,4-9H2,1H3,(H,18,19). The molecule has 1 aliphatic carbocycles. The van der Waals surface area contributed by atoms with Gasteiger partial charge >= 0.3 is 5.97 Å². The van der Waals surface area contributed by atoms with Crippen LogP contribution in [0.25, 0.3) is 0 Å². The first-order valence-electron chi connectivity index (χ1n) is 7.06. The predicted molar refractivity (Wildman–Crippen MR) is 71.1 cm³/mol. The first-order chi connectivity index (χ1) is 9.50. The zero-order valence-corrected chi connectivity index (χ0v) is 11.6. The Balaban J connectivity index is 1.53. The fourth-order valence-corrected chi connectivity index (χ4v) is 3.29. The van der Waals surface area contributed by atoms with Crippen molar-refractivity contribution < 1.29 is 19.1 Å². The Kier molecular flexibility index (Phi) is 3.07. The fourth-order valence-electron chi connectivity index (χ4n) is 3.29. The van der Waals surface area contributed by atoms with Crippen LogP contribution in [0.15, 0.2) is 16.5 Å². The third-order valence-electron chi connectivity index (χ3n) is 4.72. The van der Waals surface area contributed by atoms with E-state index < -0.39 is 5.97 Å². The van der Waals surface area contributed by atoms with Crippen LogP contribution in [0.3, 0.4) is 0 Å². The summed E-state index contributed by atoms with van der Waals surface area (Å²) in [7, 11) is 0. The highest BCUT2D eigenvalue weighted by atomic mass is 16.4. The Morgan fingerprint density at radius 3 is 2.60 bits per heavy atom. The minimum Gasteiger partial charge on any atom is -0.481 e. The number of furan rings is 1. The van der Waals surface area contributed by atoms with Gasteiger partial charge in [-0.1, -0.05) is 0 Å². The molecule has 1 unspecified atom stereocenters. The SMILES string of the molecule is Cc1ccc(CC(=O)N2CCC3(CC2)CC3C(=O)O)o1. The molecule has 1 aromatic heterocycles. The number of aryl methyl sites for hydroxylation is 1. The van der Waals surface area contributed by atoms with E-state index in [4.69, 9.17) is 9.52 Å². The van der Waals surface area contributed by atoms with Crippen molar-refractivity contribution in [3.8, 4) is 0 Å². The summed E-state index contributed by atoms with van der Waals surface area (Å²) in [6.07, 6.45) is 2.70. The molecule has 1 aromatic rings. The minimum absolute atomic E-state index is 0.0239. The van der Waals surface area contributed by atoms with Crippen LogP contribution >= 0.6 is 0 Å². The highest BCUT2D eigenvalue weighted by Crippen LogP contribution is 2.59. The van der Waals surface area contributed by atoms with Gasteiger partial charge in [0.15, 0.2) is 0 Å². The molecule has 1 spiro atoms. The van der Waals surface area contributed by atoms with Crippen molar-refractivity contribution in [2.24, 2.45) is 11.3 Å². The van der Waals surface area contributed by atoms with Crippen molar-refractivity contribution in [1.82, 2.24) is 4.90 Å². The van der Waals surface area contributed by atoms with E-state index in [2.05, 4.69) is 0 Å². The summed E-state index contributed by atoms with van der Waals surface area (Å²) in [5.41, 5.74) is -0.0239. The second-order valence-electron chi connectivity index (χ2n) is 6.03. The third-order valence-corrected chi connectivity index (χ3v) is 4.72. The minimum atomic E-state index is -0.684. The number of hydrogen-bond donors (Lipinski definition) is 1. The molecule has 0 bridgehead atoms. The van der Waals surface area contributed by atoms with E-state index in [0.29, 0.717) is 25.3 Å². The molecule has 20 heavy (non-hydrogen) atoms. The Bertz CT molecular complexity index is 540. The quantitative estimate of drug-likeness (QED) is 0.915. The lowest BCUT2D eigenvalue weighted by atomic mass is 9.90. The number of carboxylic acid groups (broad SMARTS) is 1. The Labute approximate surface area is 117 Å². The van der Waals surface area contributed by atoms with Crippen LogP contribution in [0, 0.1) is 18.3 Å². The number of nitrogens with zero attached hydrogens (tertiary/aromatic N) is 1. The molecular formula is C15H19NO4. The average Bonchev–Trinajstić information content (AvgIpc) is 2.96. The normalized spacial score (nSPS) is 23.9. The number of amides is 1. The maximum atomic E-state index is 12.2. The fraction of sp³-hybridized carbons (Fsp3) is 0.600. The first kappa shape index (κ1) is 13.2. The zero-order chi connectivity index (χ0) is 14.3. The molecule has 5 nitrogen and oxygen atoms in total. The van der Waals surface area contributed by atoms with Gasteiger partial charge in [0.25, 0.3) is 0 Å². The largest absolute Gasteiger partial charge is 0.481 e. The van der Waals surface area contributed by atoms with Crippen LogP contribution < -0.4 is 0 Å². The number of rotatable bonds is 3. The first-order valence-corrected chi connectivity index (χ1v) is 7.06. The van der Waals surface area contributed by atoms with Crippen molar-refractivity contribution >= 4 is 11.9 Å². The molecule has 2 heterocycles. The van der Waals surface area contributed by atoms with Gasteiger partial charge in [0.1, 0.15) is 11.5 Å². The molecule has 5 heteroatoms. The molecule has 2 aliphatic rings. The van der Waals surface area contributed by atoms with E-state index >= 15 is 0 Å². The van der Waals surface area contributed by atoms with Crippen molar-refractivity contribution in [1.29, 1.82) is 0 Å². The van der Waals surface area contributed by atoms with Gasteiger partial charge < -0.3 is 14.4 Å². The van der Waals surface area contributed by atoms with Crippen LogP contribution in [0.2, 0.25) is 0 Å². The summed E-state index contributed by atoms with van der Waals surface area (Å²) in [6, 6.07) is 3.69. The monoisotopic (exact) mass is 277 g/mol. The number of hydrogen-bond acceptors (Lipinski definition) is 3. The molecule has 108 valence electrons. The molecule has 1 atom stereocenters. The van der Waals surface area contributed by atoms with Crippen LogP contribution in [0.4, 0.5) is 0 Å². The van der Waals surface area contributed by atoms with E-state index in [1.807, 2.05) is 24.0 Å². The highest BCUT2D eigenvalue weighted by molar-refractivity contribution is 5.79. The average molecular weight is 277 g/mol. The van der Waals surface area contributed by atoms with Gasteiger partial charge in [-0.05, 0) is 43.7 Å². The zero-order valence-electron chi connectivity index (χ0n) is 11.6. The molecular weight excluding hydrogens is 258 g/mol. The van der Waals surface area contributed by atoms with E-state index in [0.717, 1.165) is 25.0 Å². The molecule has 0 radical (unpaired) electrons. The summed E-state index contributed by atoms with van der Waals surface area (Å²) >= 11 is 0. The maximum absolute atomic E-state index is 12.2. The van der Waals surface area contributed by atoms with E-state index in [9.17, 15) is 9.59 Å². The Morgan fingerprint density at radius 2 is 2.10 bits per heavy atom. The third kappa shape index (κ3) is 2.32. The Hall–Kier alpha value is -1.78. The van der Waals surface area contributed by atoms with Gasteiger partial charge in [-0.25, -0.2) is 0 Å². The molecule has 1 amide bonds. The summed E-state index contributed by atoms with van der Waals surface area (Å²) in [4.78, 5) is 25.0. The van der Waals surface area contributed by atoms with Gasteiger partial charge in [0.05, 0.1) is 12.3 Å². The topological polar surface area (TPSA) is 70.8 Å². The van der Waals surface area contributed by atoms with Crippen molar-refractivity contribution in [3.63, 3.8) is 0 Å². The van der Waals surface area contributed by atoms with Crippen molar-refractivity contribution in [2.75, 3.05) is 13.1 Å². The van der Waals surface area contributed by atoms with Crippen molar-refractivity contribution in [3.05, 3.63) is 23.7 Å². The number of aliphatic carboxylic acids is 1. The second kappa shape index (κ2) is 4.65. The predicted octanol–water partition coefficient (Wildman–Crippen LogP) is 1.84. The number of carbonyl (C=O) groups excluding carboxylic acids is 1. The van der Waals surface area contributed by atoms with Crippen molar-refractivity contribution in [2.45, 2.75) is 32.6 Å². The second-order valence-corrected chi connectivity index (χ2v) is 6.03. The molecule has 1 N–H and O–H groups in total. The van der Waals surface area contributed by atoms with Crippen LogP contribution in [-0.2, 0) is 16.0 Å². The van der Waals surface area contributed by atoms with Gasteiger partial charge in [-0.2, -0.15) is 0 Å². The lowest BCUT2D eigenvalue weighted by Gasteiger charge is -2.32. The lowest BCUT2D eigenvalue weighted by molar-refractivity contribution is -0.139. The maximum Gasteiger partial charge on any atom is 0.307 e. The van der Waals surface area contributed by atoms with E-state index in [1.54, 1.807) is 0 Å². The molecule has 1 saturated heterocycles. The van der Waals surface area contributed by atoms with Crippen LogP contribution in [0.5, 0.6) is 0 Å². The summed E-state index contributed by atoms with van der Waals surface area (Å²) in [6.45, 7) is 3.20. The molecule has 3 rings (SSSR count). The van der Waals surface area contributed by atoms with Crippen LogP contribution in [-0.4, -0.2) is 35.0 Å². The van der Waals surface area contributed by atoms with Crippen LogP contribution in [0.1, 0.15) is 30.8 Å².